The predicted molar refractivity (Wildman–Crippen MR) is 98.8 cm³/mol. The molecule has 2 heterocycles. The van der Waals surface area contributed by atoms with Crippen LogP contribution in [0.3, 0.4) is 0 Å². The predicted octanol–water partition coefficient (Wildman–Crippen LogP) is 0.805. The number of fused-ring (bicyclic) bond motifs is 1. The van der Waals surface area contributed by atoms with E-state index in [1.165, 1.54) is 24.5 Å². The zero-order valence-electron chi connectivity index (χ0n) is 14.2. The molecule has 27 heavy (non-hydrogen) atoms. The van der Waals surface area contributed by atoms with Gasteiger partial charge in [0.1, 0.15) is 6.33 Å². The quantitative estimate of drug-likeness (QED) is 0.532. The molecule has 0 unspecified atom stereocenters. The lowest BCUT2D eigenvalue weighted by molar-refractivity contribution is -0.119. The van der Waals surface area contributed by atoms with Crippen molar-refractivity contribution in [1.82, 2.24) is 29.6 Å². The van der Waals surface area contributed by atoms with E-state index in [2.05, 4.69) is 25.1 Å². The van der Waals surface area contributed by atoms with Crippen molar-refractivity contribution in [2.24, 2.45) is 0 Å². The van der Waals surface area contributed by atoms with Gasteiger partial charge in [0.05, 0.1) is 11.4 Å². The van der Waals surface area contributed by atoms with Gasteiger partial charge in [0.2, 0.25) is 15.9 Å². The van der Waals surface area contributed by atoms with Gasteiger partial charge >= 0.3 is 0 Å². The van der Waals surface area contributed by atoms with Crippen molar-refractivity contribution in [3.05, 3.63) is 53.6 Å². The minimum absolute atomic E-state index is 0.0128. The average Bonchev–Trinajstić information content (AvgIpc) is 3.11. The molecule has 0 fully saturated rings. The Balaban J connectivity index is 1.41. The lowest BCUT2D eigenvalue weighted by Crippen LogP contribution is -2.37. The van der Waals surface area contributed by atoms with Crippen LogP contribution in [0.1, 0.15) is 12.0 Å². The highest BCUT2D eigenvalue weighted by atomic mass is 35.5. The molecule has 11 heteroatoms. The third kappa shape index (κ3) is 5.22. The van der Waals surface area contributed by atoms with Crippen LogP contribution < -0.4 is 10.0 Å². The summed E-state index contributed by atoms with van der Waals surface area (Å²) in [5.41, 5.74) is 0.962. The fourth-order valence-electron chi connectivity index (χ4n) is 2.35. The van der Waals surface area contributed by atoms with Crippen molar-refractivity contribution < 1.29 is 13.2 Å². The standard InChI is InChI=1S/C16H17ClN6O3S/c17-13-4-1-5-14(7-13)27(25,26)22-9-15(24)18-6-2-3-12-8-19-16-20-11-21-23(16)10-12/h1,4-5,7-8,10-11,22H,2-3,6,9H2,(H,18,24). The molecule has 2 N–H and O–H groups in total. The number of aryl methyl sites for hydroxylation is 1. The van der Waals surface area contributed by atoms with E-state index in [1.54, 1.807) is 16.8 Å². The summed E-state index contributed by atoms with van der Waals surface area (Å²) in [6.45, 7) is 0.0639. The first-order valence-electron chi connectivity index (χ1n) is 8.10. The monoisotopic (exact) mass is 408 g/mol. The topological polar surface area (TPSA) is 118 Å². The lowest BCUT2D eigenvalue weighted by Gasteiger charge is -2.08. The molecule has 0 atom stereocenters. The molecule has 1 amide bonds. The number of carbonyl (C=O) groups excluding carboxylic acids is 1. The van der Waals surface area contributed by atoms with Gasteiger partial charge < -0.3 is 5.32 Å². The fourth-order valence-corrected chi connectivity index (χ4v) is 3.63. The summed E-state index contributed by atoms with van der Waals surface area (Å²) in [6, 6.07) is 5.83. The van der Waals surface area contributed by atoms with Gasteiger partial charge in [-0.15, -0.1) is 0 Å². The van der Waals surface area contributed by atoms with Crippen molar-refractivity contribution in [3.63, 3.8) is 0 Å². The fraction of sp³-hybridized carbons (Fsp3) is 0.250. The minimum atomic E-state index is -3.79. The maximum Gasteiger partial charge on any atom is 0.252 e. The van der Waals surface area contributed by atoms with Crippen LogP contribution in [0.25, 0.3) is 5.78 Å². The Morgan fingerprint density at radius 1 is 1.26 bits per heavy atom. The number of amides is 1. The number of aromatic nitrogens is 4. The Kier molecular flexibility index (Phi) is 5.99. The second kappa shape index (κ2) is 8.42. The van der Waals surface area contributed by atoms with Gasteiger partial charge in [-0.05, 0) is 36.6 Å². The van der Waals surface area contributed by atoms with E-state index in [-0.39, 0.29) is 11.4 Å². The van der Waals surface area contributed by atoms with Gasteiger partial charge in [-0.2, -0.15) is 10.1 Å². The summed E-state index contributed by atoms with van der Waals surface area (Å²) in [5.74, 6) is 0.115. The summed E-state index contributed by atoms with van der Waals surface area (Å²) in [6.07, 6.45) is 6.34. The van der Waals surface area contributed by atoms with Gasteiger partial charge in [-0.1, -0.05) is 17.7 Å². The van der Waals surface area contributed by atoms with E-state index in [0.29, 0.717) is 30.2 Å². The maximum absolute atomic E-state index is 12.1. The van der Waals surface area contributed by atoms with Crippen LogP contribution in [0.5, 0.6) is 0 Å². The van der Waals surface area contributed by atoms with E-state index in [9.17, 15) is 13.2 Å². The van der Waals surface area contributed by atoms with Gasteiger partial charge in [-0.3, -0.25) is 4.79 Å². The molecule has 0 radical (unpaired) electrons. The Morgan fingerprint density at radius 2 is 2.11 bits per heavy atom. The van der Waals surface area contributed by atoms with E-state index < -0.39 is 15.9 Å². The van der Waals surface area contributed by atoms with E-state index >= 15 is 0 Å². The van der Waals surface area contributed by atoms with Crippen LogP contribution in [0.2, 0.25) is 5.02 Å². The molecule has 0 spiro atoms. The highest BCUT2D eigenvalue weighted by molar-refractivity contribution is 7.89. The molecule has 9 nitrogen and oxygen atoms in total. The number of benzene rings is 1. The number of hydrogen-bond donors (Lipinski definition) is 2. The highest BCUT2D eigenvalue weighted by Crippen LogP contribution is 2.14. The summed E-state index contributed by atoms with van der Waals surface area (Å²) in [4.78, 5) is 20.0. The van der Waals surface area contributed by atoms with Gasteiger partial charge in [0.25, 0.3) is 5.78 Å². The second-order valence-electron chi connectivity index (χ2n) is 5.70. The van der Waals surface area contributed by atoms with Crippen LogP contribution in [0.15, 0.2) is 47.9 Å². The van der Waals surface area contributed by atoms with E-state index in [1.807, 2.05) is 6.20 Å². The third-order valence-electron chi connectivity index (χ3n) is 3.68. The molecule has 0 aliphatic carbocycles. The smallest absolute Gasteiger partial charge is 0.252 e. The molecular weight excluding hydrogens is 392 g/mol. The summed E-state index contributed by atoms with van der Waals surface area (Å²) in [7, 11) is -3.79. The first-order chi connectivity index (χ1) is 12.9. The van der Waals surface area contributed by atoms with Gasteiger partial charge in [-0.25, -0.2) is 22.6 Å². The number of rotatable bonds is 8. The van der Waals surface area contributed by atoms with Crippen molar-refractivity contribution in [3.8, 4) is 0 Å². The molecule has 1 aromatic carbocycles. The van der Waals surface area contributed by atoms with Crippen LogP contribution in [0, 0.1) is 0 Å². The largest absolute Gasteiger partial charge is 0.355 e. The van der Waals surface area contributed by atoms with Crippen molar-refractivity contribution >= 4 is 33.3 Å². The molecule has 0 saturated heterocycles. The van der Waals surface area contributed by atoms with Crippen LogP contribution >= 0.6 is 11.6 Å². The number of nitrogens with zero attached hydrogens (tertiary/aromatic N) is 4. The first kappa shape index (κ1) is 19.2. The van der Waals surface area contributed by atoms with E-state index in [0.717, 1.165) is 5.56 Å². The third-order valence-corrected chi connectivity index (χ3v) is 5.32. The van der Waals surface area contributed by atoms with Crippen LogP contribution in [0.4, 0.5) is 0 Å². The lowest BCUT2D eigenvalue weighted by atomic mass is 10.2. The number of sulfonamides is 1. The first-order valence-corrected chi connectivity index (χ1v) is 9.96. The highest BCUT2D eigenvalue weighted by Gasteiger charge is 2.15. The molecular formula is C16H17ClN6O3S. The molecule has 2 aromatic heterocycles. The minimum Gasteiger partial charge on any atom is -0.355 e. The second-order valence-corrected chi connectivity index (χ2v) is 7.91. The molecule has 0 aliphatic heterocycles. The molecule has 3 aromatic rings. The average molecular weight is 409 g/mol. The van der Waals surface area contributed by atoms with Crippen molar-refractivity contribution in [2.45, 2.75) is 17.7 Å². The van der Waals surface area contributed by atoms with Crippen molar-refractivity contribution in [2.75, 3.05) is 13.1 Å². The number of carbonyl (C=O) groups is 1. The number of halogens is 1. The Hall–Kier alpha value is -2.56. The van der Waals surface area contributed by atoms with Gasteiger partial charge in [0, 0.05) is 24.0 Å². The molecule has 0 saturated carbocycles. The Bertz CT molecular complexity index is 1050. The molecule has 0 aliphatic rings. The SMILES string of the molecule is O=C(CNS(=O)(=O)c1cccc(Cl)c1)NCCCc1cnc2ncnn2c1. The maximum atomic E-state index is 12.1. The zero-order valence-corrected chi connectivity index (χ0v) is 15.7. The van der Waals surface area contributed by atoms with Crippen LogP contribution in [-0.4, -0.2) is 47.0 Å². The van der Waals surface area contributed by atoms with Gasteiger partial charge in [0.15, 0.2) is 0 Å². The molecule has 3 rings (SSSR count). The summed E-state index contributed by atoms with van der Waals surface area (Å²) in [5, 5.41) is 6.99. The summed E-state index contributed by atoms with van der Waals surface area (Å²) >= 11 is 5.79. The Labute approximate surface area is 160 Å². The van der Waals surface area contributed by atoms with Crippen LogP contribution in [-0.2, 0) is 21.2 Å². The van der Waals surface area contributed by atoms with Crippen molar-refractivity contribution in [1.29, 1.82) is 0 Å². The summed E-state index contributed by atoms with van der Waals surface area (Å²) < 4.78 is 28.1. The number of nitrogens with one attached hydrogen (secondary N) is 2. The normalized spacial score (nSPS) is 11.6. The van der Waals surface area contributed by atoms with E-state index in [4.69, 9.17) is 11.6 Å². The molecule has 142 valence electrons. The number of hydrogen-bond acceptors (Lipinski definition) is 6. The zero-order chi connectivity index (χ0) is 19.3. The Morgan fingerprint density at radius 3 is 2.93 bits per heavy atom. The molecule has 0 bridgehead atoms.